The van der Waals surface area contributed by atoms with Gasteiger partial charge in [-0.15, -0.1) is 5.10 Å². The topological polar surface area (TPSA) is 100 Å². The van der Waals surface area contributed by atoms with Crippen LogP contribution in [-0.2, 0) is 13.0 Å². The molecule has 5 rings (SSSR count). The van der Waals surface area contributed by atoms with Crippen LogP contribution in [0.4, 0.5) is 5.95 Å². The molecule has 134 valence electrons. The normalized spacial score (nSPS) is 11.6. The number of nitrogens with two attached hydrogens (primary N) is 1. The number of fused-ring (bicyclic) bond motifs is 3. The minimum absolute atomic E-state index is 0.270. The molecular formula is C19H17N7O. The maximum atomic E-state index is 6.06. The van der Waals surface area contributed by atoms with E-state index in [1.165, 1.54) is 10.1 Å². The lowest BCUT2D eigenvalue weighted by Crippen LogP contribution is -2.06. The molecule has 5 aromatic rings. The Labute approximate surface area is 154 Å². The quantitative estimate of drug-likeness (QED) is 0.518. The second kappa shape index (κ2) is 6.24. The maximum absolute atomic E-state index is 6.06. The fourth-order valence-electron chi connectivity index (χ4n) is 3.24. The van der Waals surface area contributed by atoms with Crippen LogP contribution >= 0.6 is 0 Å². The average Bonchev–Trinajstić information content (AvgIpc) is 3.42. The lowest BCUT2D eigenvalue weighted by Gasteiger charge is -2.05. The Morgan fingerprint density at radius 2 is 1.93 bits per heavy atom. The van der Waals surface area contributed by atoms with E-state index in [4.69, 9.17) is 10.2 Å². The van der Waals surface area contributed by atoms with Crippen LogP contribution in [0, 0.1) is 0 Å². The van der Waals surface area contributed by atoms with E-state index in [9.17, 15) is 0 Å². The van der Waals surface area contributed by atoms with Crippen molar-refractivity contribution in [3.05, 3.63) is 60.5 Å². The molecular weight excluding hydrogens is 342 g/mol. The summed E-state index contributed by atoms with van der Waals surface area (Å²) in [6.45, 7) is 0.753. The second-order valence-electron chi connectivity index (χ2n) is 6.31. The summed E-state index contributed by atoms with van der Waals surface area (Å²) in [5, 5.41) is 8.92. The van der Waals surface area contributed by atoms with Crippen LogP contribution in [0.3, 0.4) is 0 Å². The van der Waals surface area contributed by atoms with Crippen LogP contribution in [-0.4, -0.2) is 29.4 Å². The van der Waals surface area contributed by atoms with Gasteiger partial charge in [-0.05, 0) is 30.5 Å². The fourth-order valence-corrected chi connectivity index (χ4v) is 3.24. The summed E-state index contributed by atoms with van der Waals surface area (Å²) in [4.78, 5) is 9.03. The number of nitrogen functional groups attached to an aromatic ring is 1. The van der Waals surface area contributed by atoms with Crippen LogP contribution in [0.5, 0.6) is 0 Å². The standard InChI is InChI=1S/C19H17N7O/c20-19-22-14-12-21-25(10-4-8-13-6-2-1-3-7-13)16(14)18-23-17(24-26(18)19)15-9-5-11-27-15/h1-3,5-7,9,11-12H,4,8,10H2,(H2,20,22). The molecule has 0 aliphatic heterocycles. The monoisotopic (exact) mass is 359 g/mol. The first-order chi connectivity index (χ1) is 13.3. The molecule has 0 fully saturated rings. The number of benzene rings is 1. The highest BCUT2D eigenvalue weighted by atomic mass is 16.3. The number of rotatable bonds is 5. The maximum Gasteiger partial charge on any atom is 0.224 e. The van der Waals surface area contributed by atoms with Crippen molar-refractivity contribution in [2.24, 2.45) is 0 Å². The number of hydrogen-bond acceptors (Lipinski definition) is 6. The van der Waals surface area contributed by atoms with E-state index < -0.39 is 0 Å². The van der Waals surface area contributed by atoms with E-state index in [0.717, 1.165) is 24.9 Å². The van der Waals surface area contributed by atoms with Crippen LogP contribution in [0.2, 0.25) is 0 Å². The zero-order valence-electron chi connectivity index (χ0n) is 14.5. The molecule has 0 spiro atoms. The van der Waals surface area contributed by atoms with Gasteiger partial charge in [-0.25, -0.2) is 9.97 Å². The van der Waals surface area contributed by atoms with Gasteiger partial charge < -0.3 is 10.2 Å². The van der Waals surface area contributed by atoms with Crippen molar-refractivity contribution in [1.29, 1.82) is 0 Å². The third-order valence-corrected chi connectivity index (χ3v) is 4.51. The van der Waals surface area contributed by atoms with E-state index in [1.807, 2.05) is 16.8 Å². The van der Waals surface area contributed by atoms with Crippen LogP contribution < -0.4 is 5.73 Å². The number of aryl methyl sites for hydroxylation is 2. The Morgan fingerprint density at radius 3 is 2.74 bits per heavy atom. The minimum Gasteiger partial charge on any atom is -0.461 e. The van der Waals surface area contributed by atoms with Gasteiger partial charge in [0.25, 0.3) is 0 Å². The molecule has 0 amide bonds. The number of nitrogens with zero attached hydrogens (tertiary/aromatic N) is 6. The first kappa shape index (κ1) is 15.6. The zero-order valence-corrected chi connectivity index (χ0v) is 14.5. The molecule has 8 heteroatoms. The van der Waals surface area contributed by atoms with Gasteiger partial charge in [-0.2, -0.15) is 9.61 Å². The molecule has 0 atom stereocenters. The lowest BCUT2D eigenvalue weighted by atomic mass is 10.1. The first-order valence-corrected chi connectivity index (χ1v) is 8.75. The predicted octanol–water partition coefficient (Wildman–Crippen LogP) is 2.95. The average molecular weight is 359 g/mol. The summed E-state index contributed by atoms with van der Waals surface area (Å²) < 4.78 is 8.86. The Kier molecular flexibility index (Phi) is 3.60. The largest absolute Gasteiger partial charge is 0.461 e. The van der Waals surface area contributed by atoms with Gasteiger partial charge in [0.15, 0.2) is 11.4 Å². The van der Waals surface area contributed by atoms with E-state index >= 15 is 0 Å². The second-order valence-corrected chi connectivity index (χ2v) is 6.31. The van der Waals surface area contributed by atoms with Crippen molar-refractivity contribution in [3.63, 3.8) is 0 Å². The SMILES string of the molecule is Nc1nc2cnn(CCCc3ccccc3)c2c2nc(-c3ccco3)nn12. The van der Waals surface area contributed by atoms with Crippen molar-refractivity contribution in [2.45, 2.75) is 19.4 Å². The van der Waals surface area contributed by atoms with E-state index in [-0.39, 0.29) is 5.95 Å². The summed E-state index contributed by atoms with van der Waals surface area (Å²) in [6.07, 6.45) is 5.24. The number of anilines is 1. The lowest BCUT2D eigenvalue weighted by molar-refractivity contribution is 0.577. The van der Waals surface area contributed by atoms with Crippen LogP contribution in [0.25, 0.3) is 28.3 Å². The van der Waals surface area contributed by atoms with Gasteiger partial charge in [0.05, 0.1) is 12.5 Å². The van der Waals surface area contributed by atoms with Gasteiger partial charge >= 0.3 is 0 Å². The van der Waals surface area contributed by atoms with E-state index in [0.29, 0.717) is 22.7 Å². The fraction of sp³-hybridized carbons (Fsp3) is 0.158. The Balaban J connectivity index is 1.52. The smallest absolute Gasteiger partial charge is 0.224 e. The van der Waals surface area contributed by atoms with Crippen LogP contribution in [0.15, 0.2) is 59.3 Å². The Morgan fingerprint density at radius 1 is 1.04 bits per heavy atom. The summed E-state index contributed by atoms with van der Waals surface area (Å²) in [6, 6.07) is 14.0. The van der Waals surface area contributed by atoms with E-state index in [1.54, 1.807) is 18.5 Å². The number of furan rings is 1. The summed E-state index contributed by atoms with van der Waals surface area (Å²) >= 11 is 0. The molecule has 0 unspecified atom stereocenters. The minimum atomic E-state index is 0.270. The highest BCUT2D eigenvalue weighted by molar-refractivity contribution is 5.89. The van der Waals surface area contributed by atoms with Gasteiger partial charge in [0.2, 0.25) is 11.8 Å². The van der Waals surface area contributed by atoms with Crippen molar-refractivity contribution in [2.75, 3.05) is 5.73 Å². The highest BCUT2D eigenvalue weighted by Gasteiger charge is 2.17. The molecule has 0 saturated carbocycles. The molecule has 0 saturated heterocycles. The molecule has 0 bridgehead atoms. The molecule has 0 radical (unpaired) electrons. The van der Waals surface area contributed by atoms with Gasteiger partial charge in [0, 0.05) is 6.54 Å². The van der Waals surface area contributed by atoms with Gasteiger partial charge in [0.1, 0.15) is 11.0 Å². The van der Waals surface area contributed by atoms with Crippen molar-refractivity contribution in [1.82, 2.24) is 29.4 Å². The Hall–Kier alpha value is -3.68. The molecule has 4 aromatic heterocycles. The number of hydrogen-bond donors (Lipinski definition) is 1. The molecule has 27 heavy (non-hydrogen) atoms. The molecule has 1 aromatic carbocycles. The zero-order chi connectivity index (χ0) is 18.2. The third-order valence-electron chi connectivity index (χ3n) is 4.51. The Bertz CT molecular complexity index is 1210. The summed E-state index contributed by atoms with van der Waals surface area (Å²) in [7, 11) is 0. The number of aromatic nitrogens is 6. The van der Waals surface area contributed by atoms with Crippen molar-refractivity contribution in [3.8, 4) is 11.6 Å². The van der Waals surface area contributed by atoms with Crippen molar-refractivity contribution < 1.29 is 4.42 Å². The van der Waals surface area contributed by atoms with Gasteiger partial charge in [-0.3, -0.25) is 4.68 Å². The first-order valence-electron chi connectivity index (χ1n) is 8.75. The highest BCUT2D eigenvalue weighted by Crippen LogP contribution is 2.23. The molecule has 2 N–H and O–H groups in total. The molecule has 0 aliphatic rings. The van der Waals surface area contributed by atoms with E-state index in [2.05, 4.69) is 44.4 Å². The molecule has 8 nitrogen and oxygen atoms in total. The van der Waals surface area contributed by atoms with Crippen molar-refractivity contribution >= 4 is 22.6 Å². The molecule has 4 heterocycles. The summed E-state index contributed by atoms with van der Waals surface area (Å²) in [5.41, 5.74) is 9.52. The van der Waals surface area contributed by atoms with Crippen LogP contribution in [0.1, 0.15) is 12.0 Å². The van der Waals surface area contributed by atoms with Gasteiger partial charge in [-0.1, -0.05) is 30.3 Å². The molecule has 0 aliphatic carbocycles. The summed E-state index contributed by atoms with van der Waals surface area (Å²) in [5.74, 6) is 1.33. The third kappa shape index (κ3) is 2.71. The predicted molar refractivity (Wildman–Crippen MR) is 101 cm³/mol.